The van der Waals surface area contributed by atoms with E-state index in [-0.39, 0.29) is 18.3 Å². The molecule has 0 amide bonds. The molecule has 0 heterocycles. The lowest BCUT2D eigenvalue weighted by Crippen LogP contribution is -2.57. The summed E-state index contributed by atoms with van der Waals surface area (Å²) in [4.78, 5) is 14.4. The molecule has 1 aliphatic rings. The van der Waals surface area contributed by atoms with Crippen LogP contribution in [0, 0.1) is 5.82 Å². The van der Waals surface area contributed by atoms with Gasteiger partial charge in [-0.25, -0.2) is 19.6 Å². The van der Waals surface area contributed by atoms with Gasteiger partial charge in [-0.2, -0.15) is 0 Å². The third-order valence-electron chi connectivity index (χ3n) is 5.77. The molecule has 0 bridgehead atoms. The van der Waals surface area contributed by atoms with Crippen LogP contribution in [0.25, 0.3) is 0 Å². The van der Waals surface area contributed by atoms with E-state index in [0.717, 1.165) is 38.8 Å². The van der Waals surface area contributed by atoms with Gasteiger partial charge in [-0.1, -0.05) is 28.1 Å². The number of methoxy groups -OCH3 is 2. The van der Waals surface area contributed by atoms with Crippen molar-refractivity contribution in [3.63, 3.8) is 0 Å². The fourth-order valence-corrected chi connectivity index (χ4v) is 4.10. The van der Waals surface area contributed by atoms with Crippen LogP contribution < -0.4 is 15.5 Å². The Bertz CT molecular complexity index is 701. The summed E-state index contributed by atoms with van der Waals surface area (Å²) in [6.07, 6.45) is 3.40. The molecule has 2 rings (SSSR count). The van der Waals surface area contributed by atoms with E-state index >= 15 is 0 Å². The number of carbonyl (C=O) groups excluding carboxylic acids is 1. The Balaban J connectivity index is 1.94. The molecule has 1 fully saturated rings. The second-order valence-corrected chi connectivity index (χ2v) is 8.30. The molecule has 0 aromatic heterocycles. The first-order valence-electron chi connectivity index (χ1n) is 10.3. The van der Waals surface area contributed by atoms with Crippen molar-refractivity contribution in [1.82, 2.24) is 15.3 Å². The SMILES string of the molecule is COCCN(C)CCOc1ccc(CNN(C)C2(C(=O)OC)CCCC2)c(F)c1P. The highest BCUT2D eigenvalue weighted by atomic mass is 31.0. The van der Waals surface area contributed by atoms with E-state index in [1.165, 1.54) is 7.11 Å². The second-order valence-electron chi connectivity index (χ2n) is 7.72. The van der Waals surface area contributed by atoms with Crippen LogP contribution in [-0.4, -0.2) is 76.0 Å². The number of esters is 1. The summed E-state index contributed by atoms with van der Waals surface area (Å²) in [7, 11) is 9.31. The number of hydrogen-bond donors (Lipinski definition) is 1. The maximum Gasteiger partial charge on any atom is 0.327 e. The first-order valence-corrected chi connectivity index (χ1v) is 10.9. The van der Waals surface area contributed by atoms with Crippen LogP contribution in [0.1, 0.15) is 31.2 Å². The summed E-state index contributed by atoms with van der Waals surface area (Å²) >= 11 is 0. The number of nitrogens with one attached hydrogen (secondary N) is 1. The molecule has 0 aliphatic heterocycles. The number of hydrogen-bond acceptors (Lipinski definition) is 7. The molecule has 1 aliphatic carbocycles. The zero-order valence-corrected chi connectivity index (χ0v) is 19.7. The summed E-state index contributed by atoms with van der Waals surface area (Å²) in [6.45, 7) is 2.92. The maximum absolute atomic E-state index is 14.9. The third kappa shape index (κ3) is 6.11. The van der Waals surface area contributed by atoms with E-state index in [1.54, 1.807) is 24.3 Å². The van der Waals surface area contributed by atoms with Crippen molar-refractivity contribution in [2.75, 3.05) is 54.6 Å². The van der Waals surface area contributed by atoms with Gasteiger partial charge in [0.2, 0.25) is 0 Å². The fraction of sp³-hybridized carbons (Fsp3) is 0.667. The van der Waals surface area contributed by atoms with Gasteiger partial charge in [0.25, 0.3) is 0 Å². The molecule has 9 heteroatoms. The number of carbonyl (C=O) groups is 1. The van der Waals surface area contributed by atoms with Crippen molar-refractivity contribution in [1.29, 1.82) is 0 Å². The molecule has 1 N–H and O–H groups in total. The third-order valence-corrected chi connectivity index (χ3v) is 6.31. The van der Waals surface area contributed by atoms with Crippen LogP contribution >= 0.6 is 9.24 Å². The van der Waals surface area contributed by atoms with Gasteiger partial charge in [0.05, 0.1) is 13.7 Å². The molecule has 1 aromatic carbocycles. The molecule has 7 nitrogen and oxygen atoms in total. The Hall–Kier alpha value is -1.31. The molecular weight excluding hydrogens is 408 g/mol. The van der Waals surface area contributed by atoms with Crippen molar-refractivity contribution in [2.45, 2.75) is 37.8 Å². The van der Waals surface area contributed by atoms with Gasteiger partial charge in [-0.05, 0) is 26.0 Å². The summed E-state index contributed by atoms with van der Waals surface area (Å²) in [6, 6.07) is 3.50. The Morgan fingerprint density at radius 1 is 1.20 bits per heavy atom. The van der Waals surface area contributed by atoms with Crippen molar-refractivity contribution in [2.24, 2.45) is 0 Å². The predicted octanol–water partition coefficient (Wildman–Crippen LogP) is 1.71. The molecule has 1 saturated carbocycles. The largest absolute Gasteiger partial charge is 0.492 e. The highest BCUT2D eigenvalue weighted by molar-refractivity contribution is 7.27. The fourth-order valence-electron chi connectivity index (χ4n) is 3.73. The molecule has 0 radical (unpaired) electrons. The minimum absolute atomic E-state index is 0.249. The van der Waals surface area contributed by atoms with Gasteiger partial charge in [-0.15, -0.1) is 0 Å². The number of benzene rings is 1. The van der Waals surface area contributed by atoms with Crippen molar-refractivity contribution in [3.8, 4) is 5.75 Å². The minimum atomic E-state index is -0.688. The Morgan fingerprint density at radius 2 is 1.87 bits per heavy atom. The molecule has 0 spiro atoms. The first-order chi connectivity index (χ1) is 14.4. The Labute approximate surface area is 181 Å². The highest BCUT2D eigenvalue weighted by Crippen LogP contribution is 2.34. The molecule has 170 valence electrons. The van der Waals surface area contributed by atoms with Crippen LogP contribution in [0.4, 0.5) is 4.39 Å². The van der Waals surface area contributed by atoms with Crippen molar-refractivity contribution in [3.05, 3.63) is 23.5 Å². The quantitative estimate of drug-likeness (QED) is 0.300. The van der Waals surface area contributed by atoms with Gasteiger partial charge >= 0.3 is 5.97 Å². The molecule has 0 saturated heterocycles. The topological polar surface area (TPSA) is 63.3 Å². The van der Waals surface area contributed by atoms with Crippen LogP contribution in [0.3, 0.4) is 0 Å². The van der Waals surface area contributed by atoms with E-state index < -0.39 is 5.54 Å². The molecule has 30 heavy (non-hydrogen) atoms. The lowest BCUT2D eigenvalue weighted by Gasteiger charge is -2.36. The molecule has 1 aromatic rings. The van der Waals surface area contributed by atoms with E-state index in [4.69, 9.17) is 14.2 Å². The summed E-state index contributed by atoms with van der Waals surface area (Å²) in [5.41, 5.74) is 3.01. The normalized spacial score (nSPS) is 15.7. The Morgan fingerprint density at radius 3 is 2.50 bits per heavy atom. The average molecular weight is 444 g/mol. The zero-order chi connectivity index (χ0) is 22.1. The Kier molecular flexibility index (Phi) is 9.91. The number of ether oxygens (including phenoxy) is 3. The highest BCUT2D eigenvalue weighted by Gasteiger charge is 2.46. The number of nitrogens with zero attached hydrogens (tertiary/aromatic N) is 2. The first kappa shape index (κ1) is 25.0. The van der Waals surface area contributed by atoms with Crippen LogP contribution in [0.2, 0.25) is 0 Å². The van der Waals surface area contributed by atoms with Crippen molar-refractivity contribution >= 4 is 20.5 Å². The monoisotopic (exact) mass is 443 g/mol. The summed E-state index contributed by atoms with van der Waals surface area (Å²) < 4.78 is 30.7. The number of likely N-dealkylation sites (N-methyl/N-ethyl adjacent to an activating group) is 2. The van der Waals surface area contributed by atoms with E-state index in [9.17, 15) is 9.18 Å². The van der Waals surface area contributed by atoms with Gasteiger partial charge < -0.3 is 19.1 Å². The van der Waals surface area contributed by atoms with E-state index in [0.29, 0.717) is 29.8 Å². The summed E-state index contributed by atoms with van der Waals surface area (Å²) in [5.74, 6) is -0.0670. The number of hydrazine groups is 1. The van der Waals surface area contributed by atoms with Crippen LogP contribution in [0.5, 0.6) is 5.75 Å². The minimum Gasteiger partial charge on any atom is -0.492 e. The standard InChI is InChI=1S/C21H35FN3O4P/c1-24(11-13-27-3)12-14-29-17-8-7-16(18(22)19(17)30)15-23-25(2)21(20(26)28-4)9-5-6-10-21/h7-8,23H,5-6,9-15,30H2,1-4H3. The molecular formula is C21H35FN3O4P. The van der Waals surface area contributed by atoms with Gasteiger partial charge in [0.1, 0.15) is 23.7 Å². The second kappa shape index (κ2) is 11.9. The summed E-state index contributed by atoms with van der Waals surface area (Å²) in [5, 5.41) is 2.19. The van der Waals surface area contributed by atoms with E-state index in [1.807, 2.05) is 14.1 Å². The van der Waals surface area contributed by atoms with Crippen LogP contribution in [0.15, 0.2) is 12.1 Å². The molecule has 1 atom stereocenters. The lowest BCUT2D eigenvalue weighted by atomic mass is 9.97. The van der Waals surface area contributed by atoms with E-state index in [2.05, 4.69) is 19.6 Å². The van der Waals surface area contributed by atoms with Crippen LogP contribution in [-0.2, 0) is 20.8 Å². The van der Waals surface area contributed by atoms with Gasteiger partial charge in [0, 0.05) is 44.7 Å². The lowest BCUT2D eigenvalue weighted by molar-refractivity contribution is -0.156. The number of rotatable bonds is 12. The average Bonchev–Trinajstić information content (AvgIpc) is 3.25. The van der Waals surface area contributed by atoms with Crippen molar-refractivity contribution < 1.29 is 23.4 Å². The zero-order valence-electron chi connectivity index (χ0n) is 18.5. The molecule has 1 unspecified atom stereocenters. The maximum atomic E-state index is 14.9. The van der Waals surface area contributed by atoms with Gasteiger partial charge in [0.15, 0.2) is 0 Å². The van der Waals surface area contributed by atoms with Gasteiger partial charge in [-0.3, -0.25) is 0 Å². The number of halogens is 1. The predicted molar refractivity (Wildman–Crippen MR) is 118 cm³/mol. The smallest absolute Gasteiger partial charge is 0.327 e.